The Morgan fingerprint density at radius 1 is 1.47 bits per heavy atom. The molecule has 0 fully saturated rings. The van der Waals surface area contributed by atoms with Crippen molar-refractivity contribution in [1.82, 2.24) is 15.4 Å². The summed E-state index contributed by atoms with van der Waals surface area (Å²) in [5, 5.41) is 4.02. The molecule has 0 saturated heterocycles. The van der Waals surface area contributed by atoms with Crippen LogP contribution in [0.4, 0.5) is 5.82 Å². The highest BCUT2D eigenvalue weighted by molar-refractivity contribution is 6.33. The van der Waals surface area contributed by atoms with Crippen LogP contribution in [0.2, 0.25) is 5.02 Å². The van der Waals surface area contributed by atoms with Crippen molar-refractivity contribution >= 4 is 17.4 Å². The molecule has 0 bridgehead atoms. The first-order valence-electron chi connectivity index (χ1n) is 6.48. The number of rotatable bonds is 5. The van der Waals surface area contributed by atoms with Gasteiger partial charge in [-0.25, -0.2) is 9.97 Å². The highest BCUT2D eigenvalue weighted by Crippen LogP contribution is 2.26. The molecule has 2 rings (SSSR count). The predicted molar refractivity (Wildman–Crippen MR) is 75.9 cm³/mol. The van der Waals surface area contributed by atoms with Gasteiger partial charge in [-0.15, -0.1) is 0 Å². The third-order valence-electron chi connectivity index (χ3n) is 3.18. The minimum atomic E-state index is 0.347. The van der Waals surface area contributed by atoms with Gasteiger partial charge in [-0.05, 0) is 25.7 Å². The summed E-state index contributed by atoms with van der Waals surface area (Å²) >= 11 is 6.27. The number of allylic oxidation sites excluding steroid dienone is 1. The topological polar surface area (TPSA) is 59.1 Å². The summed E-state index contributed by atoms with van der Waals surface area (Å²) in [6.07, 6.45) is 7.40. The molecule has 0 saturated carbocycles. The predicted octanol–water partition coefficient (Wildman–Crippen LogP) is 2.69. The molecule has 1 aliphatic rings. The molecule has 2 N–H and O–H groups in total. The number of anilines is 1. The Bertz CT molecular complexity index is 464. The molecule has 1 heterocycles. The van der Waals surface area contributed by atoms with Crippen LogP contribution < -0.4 is 10.8 Å². The zero-order valence-electron chi connectivity index (χ0n) is 11.2. The van der Waals surface area contributed by atoms with Crippen LogP contribution >= 0.6 is 11.6 Å². The second-order valence-electron chi connectivity index (χ2n) is 4.49. The molecule has 5 nitrogen and oxygen atoms in total. The SMILES string of the molecule is CCc1ncnc(NC2CC=C(NOC)CC2)c1Cl. The summed E-state index contributed by atoms with van der Waals surface area (Å²) in [5.41, 5.74) is 4.89. The lowest BCUT2D eigenvalue weighted by atomic mass is 9.99. The Morgan fingerprint density at radius 3 is 2.95 bits per heavy atom. The van der Waals surface area contributed by atoms with Gasteiger partial charge >= 0.3 is 0 Å². The van der Waals surface area contributed by atoms with Gasteiger partial charge in [-0.2, -0.15) is 0 Å². The second-order valence-corrected chi connectivity index (χ2v) is 4.87. The molecule has 0 spiro atoms. The number of aromatic nitrogens is 2. The molecular formula is C13H19ClN4O. The van der Waals surface area contributed by atoms with E-state index < -0.39 is 0 Å². The lowest BCUT2D eigenvalue weighted by molar-refractivity contribution is 0.113. The fraction of sp³-hybridized carbons (Fsp3) is 0.538. The molecule has 1 atom stereocenters. The molecule has 0 amide bonds. The number of hydrogen-bond acceptors (Lipinski definition) is 5. The van der Waals surface area contributed by atoms with E-state index in [9.17, 15) is 0 Å². The van der Waals surface area contributed by atoms with Gasteiger partial charge < -0.3 is 5.32 Å². The van der Waals surface area contributed by atoms with E-state index >= 15 is 0 Å². The molecule has 0 aliphatic heterocycles. The first-order chi connectivity index (χ1) is 9.24. The highest BCUT2D eigenvalue weighted by Gasteiger charge is 2.17. The van der Waals surface area contributed by atoms with Gasteiger partial charge in [-0.3, -0.25) is 10.3 Å². The third kappa shape index (κ3) is 3.58. The number of hydrogen-bond donors (Lipinski definition) is 2. The average Bonchev–Trinajstić information content (AvgIpc) is 2.43. The molecule has 1 aliphatic carbocycles. The highest BCUT2D eigenvalue weighted by atomic mass is 35.5. The van der Waals surface area contributed by atoms with Crippen molar-refractivity contribution in [3.8, 4) is 0 Å². The molecule has 19 heavy (non-hydrogen) atoms. The van der Waals surface area contributed by atoms with E-state index in [4.69, 9.17) is 16.4 Å². The van der Waals surface area contributed by atoms with Gasteiger partial charge in [0.05, 0.1) is 12.8 Å². The molecule has 0 aromatic carbocycles. The first-order valence-corrected chi connectivity index (χ1v) is 6.86. The number of hydroxylamine groups is 1. The zero-order chi connectivity index (χ0) is 13.7. The van der Waals surface area contributed by atoms with Crippen LogP contribution in [0.15, 0.2) is 18.1 Å². The summed E-state index contributed by atoms with van der Waals surface area (Å²) in [4.78, 5) is 13.3. The number of nitrogens with one attached hydrogen (secondary N) is 2. The van der Waals surface area contributed by atoms with Gasteiger partial charge in [0.25, 0.3) is 0 Å². The molecule has 0 radical (unpaired) electrons. The minimum Gasteiger partial charge on any atom is -0.366 e. The maximum atomic E-state index is 6.27. The summed E-state index contributed by atoms with van der Waals surface area (Å²) in [6.45, 7) is 2.03. The van der Waals surface area contributed by atoms with Gasteiger partial charge in [0.1, 0.15) is 17.2 Å². The minimum absolute atomic E-state index is 0.347. The Kier molecular flexibility index (Phi) is 4.99. The van der Waals surface area contributed by atoms with Gasteiger partial charge in [0, 0.05) is 11.7 Å². The van der Waals surface area contributed by atoms with Gasteiger partial charge in [0.2, 0.25) is 0 Å². The van der Waals surface area contributed by atoms with Crippen LogP contribution in [0, 0.1) is 0 Å². The fourth-order valence-corrected chi connectivity index (χ4v) is 2.42. The molecule has 1 aromatic rings. The van der Waals surface area contributed by atoms with E-state index in [1.165, 1.54) is 0 Å². The monoisotopic (exact) mass is 282 g/mol. The quantitative estimate of drug-likeness (QED) is 0.813. The van der Waals surface area contributed by atoms with Crippen LogP contribution in [0.3, 0.4) is 0 Å². The normalized spacial score (nSPS) is 18.9. The standard InChI is InChI=1S/C13H19ClN4O/c1-3-11-12(14)13(16-8-15-11)17-9-4-6-10(7-5-9)18-19-2/h6,8-9,18H,3-5,7H2,1-2H3,(H,15,16,17). The molecule has 6 heteroatoms. The second kappa shape index (κ2) is 6.73. The van der Waals surface area contributed by atoms with Crippen molar-refractivity contribution in [3.63, 3.8) is 0 Å². The number of aryl methyl sites for hydroxylation is 1. The first kappa shape index (κ1) is 14.1. The van der Waals surface area contributed by atoms with Crippen molar-refractivity contribution in [3.05, 3.63) is 28.8 Å². The summed E-state index contributed by atoms with van der Waals surface area (Å²) < 4.78 is 0. The Balaban J connectivity index is 1.99. The summed E-state index contributed by atoms with van der Waals surface area (Å²) in [5.74, 6) is 0.732. The van der Waals surface area contributed by atoms with E-state index in [-0.39, 0.29) is 0 Å². The third-order valence-corrected chi connectivity index (χ3v) is 3.58. The lowest BCUT2D eigenvalue weighted by Gasteiger charge is -2.24. The molecule has 1 unspecified atom stereocenters. The summed E-state index contributed by atoms with van der Waals surface area (Å²) in [7, 11) is 1.62. The van der Waals surface area contributed by atoms with Crippen LogP contribution in [-0.2, 0) is 11.3 Å². The van der Waals surface area contributed by atoms with Crippen molar-refractivity contribution < 1.29 is 4.84 Å². The van der Waals surface area contributed by atoms with Crippen LogP contribution in [0.5, 0.6) is 0 Å². The van der Waals surface area contributed by atoms with Crippen molar-refractivity contribution in [1.29, 1.82) is 0 Å². The summed E-state index contributed by atoms with van der Waals surface area (Å²) in [6, 6.07) is 0.347. The molecule has 104 valence electrons. The average molecular weight is 283 g/mol. The van der Waals surface area contributed by atoms with Gasteiger partial charge in [-0.1, -0.05) is 24.6 Å². The fourth-order valence-electron chi connectivity index (χ4n) is 2.14. The maximum absolute atomic E-state index is 6.27. The van der Waals surface area contributed by atoms with Crippen LogP contribution in [-0.4, -0.2) is 23.1 Å². The Morgan fingerprint density at radius 2 is 2.32 bits per heavy atom. The number of nitrogens with zero attached hydrogens (tertiary/aromatic N) is 2. The zero-order valence-corrected chi connectivity index (χ0v) is 12.0. The van der Waals surface area contributed by atoms with Crippen LogP contribution in [0.25, 0.3) is 0 Å². The van der Waals surface area contributed by atoms with E-state index in [1.807, 2.05) is 6.92 Å². The van der Waals surface area contributed by atoms with Gasteiger partial charge in [0.15, 0.2) is 0 Å². The van der Waals surface area contributed by atoms with Crippen molar-refractivity contribution in [2.75, 3.05) is 12.4 Å². The van der Waals surface area contributed by atoms with E-state index in [1.54, 1.807) is 13.4 Å². The molecular weight excluding hydrogens is 264 g/mol. The van der Waals surface area contributed by atoms with E-state index in [0.717, 1.165) is 42.9 Å². The maximum Gasteiger partial charge on any atom is 0.148 e. The van der Waals surface area contributed by atoms with Crippen LogP contribution in [0.1, 0.15) is 31.9 Å². The van der Waals surface area contributed by atoms with Crippen molar-refractivity contribution in [2.24, 2.45) is 0 Å². The van der Waals surface area contributed by atoms with E-state index in [0.29, 0.717) is 11.1 Å². The van der Waals surface area contributed by atoms with E-state index in [2.05, 4.69) is 26.8 Å². The number of halogens is 1. The Hall–Kier alpha value is -1.33. The molecule has 1 aromatic heterocycles. The van der Waals surface area contributed by atoms with Crippen molar-refractivity contribution in [2.45, 2.75) is 38.6 Å². The lowest BCUT2D eigenvalue weighted by Crippen LogP contribution is -2.25. The largest absolute Gasteiger partial charge is 0.366 e. The Labute approximate surface area is 118 Å². The smallest absolute Gasteiger partial charge is 0.148 e.